The highest BCUT2D eigenvalue weighted by atomic mass is 32.2. The van der Waals surface area contributed by atoms with E-state index in [4.69, 9.17) is 5.11 Å². The minimum absolute atomic E-state index is 0.360. The van der Waals surface area contributed by atoms with Gasteiger partial charge in [0.05, 0.1) is 5.69 Å². The monoisotopic (exact) mass is 304 g/mol. The molecule has 102 valence electrons. The van der Waals surface area contributed by atoms with Crippen molar-refractivity contribution >= 4 is 39.3 Å². The first-order chi connectivity index (χ1) is 9.65. The summed E-state index contributed by atoms with van der Waals surface area (Å²) in [5.74, 6) is -0.148. The maximum Gasteiger partial charge on any atom is 0.345 e. The highest BCUT2D eigenvalue weighted by Gasteiger charge is 2.16. The topological polar surface area (TPSA) is 55.1 Å². The van der Waals surface area contributed by atoms with Crippen molar-refractivity contribution in [1.82, 2.24) is 9.78 Å². The predicted molar refractivity (Wildman–Crippen MR) is 81.6 cm³/mol. The van der Waals surface area contributed by atoms with Gasteiger partial charge in [-0.25, -0.2) is 4.79 Å². The summed E-state index contributed by atoms with van der Waals surface area (Å²) in [7, 11) is 1.85. The lowest BCUT2D eigenvalue weighted by Crippen LogP contribution is -1.93. The Hall–Kier alpha value is -1.79. The Morgan fingerprint density at radius 1 is 1.40 bits per heavy atom. The molecule has 0 amide bonds. The number of rotatable bonds is 4. The van der Waals surface area contributed by atoms with E-state index in [1.54, 1.807) is 22.5 Å². The maximum atomic E-state index is 11.0. The van der Waals surface area contributed by atoms with Gasteiger partial charge in [-0.05, 0) is 18.2 Å². The fourth-order valence-electron chi connectivity index (χ4n) is 1.99. The molecular formula is C14H12N2O2S2. The second-order valence-electron chi connectivity index (χ2n) is 4.31. The van der Waals surface area contributed by atoms with Crippen LogP contribution in [0.3, 0.4) is 0 Å². The number of aryl methyl sites for hydroxylation is 1. The number of nitrogens with zero attached hydrogens (tertiary/aromatic N) is 2. The Morgan fingerprint density at radius 2 is 2.15 bits per heavy atom. The number of thiophene rings is 1. The zero-order chi connectivity index (χ0) is 14.1. The number of hydrogen-bond donors (Lipinski definition) is 1. The molecule has 0 saturated carbocycles. The summed E-state index contributed by atoms with van der Waals surface area (Å²) in [6.07, 6.45) is 0. The summed E-state index contributed by atoms with van der Waals surface area (Å²) in [6.45, 7) is 0. The van der Waals surface area contributed by atoms with Crippen LogP contribution in [0.4, 0.5) is 0 Å². The number of benzene rings is 1. The summed E-state index contributed by atoms with van der Waals surface area (Å²) in [6, 6.07) is 11.8. The van der Waals surface area contributed by atoms with Crippen molar-refractivity contribution < 1.29 is 9.90 Å². The van der Waals surface area contributed by atoms with Crippen molar-refractivity contribution in [3.63, 3.8) is 0 Å². The van der Waals surface area contributed by atoms with E-state index in [0.29, 0.717) is 4.88 Å². The van der Waals surface area contributed by atoms with Gasteiger partial charge in [-0.1, -0.05) is 18.2 Å². The van der Waals surface area contributed by atoms with Gasteiger partial charge in [0.15, 0.2) is 0 Å². The Bertz CT molecular complexity index is 762. The molecule has 4 nitrogen and oxygen atoms in total. The quantitative estimate of drug-likeness (QED) is 0.748. The normalized spacial score (nSPS) is 11.1. The number of hydrogen-bond acceptors (Lipinski definition) is 4. The highest BCUT2D eigenvalue weighted by Crippen LogP contribution is 2.31. The van der Waals surface area contributed by atoms with Gasteiger partial charge in [0.25, 0.3) is 0 Å². The molecule has 3 rings (SSSR count). The maximum absolute atomic E-state index is 11.0. The van der Waals surface area contributed by atoms with Gasteiger partial charge < -0.3 is 5.11 Å². The molecule has 2 aromatic heterocycles. The number of carbonyl (C=O) groups is 1. The average Bonchev–Trinajstić information content (AvgIpc) is 2.99. The number of carboxylic acids is 1. The zero-order valence-corrected chi connectivity index (χ0v) is 12.4. The van der Waals surface area contributed by atoms with Gasteiger partial charge in [-0.2, -0.15) is 5.10 Å². The van der Waals surface area contributed by atoms with Crippen molar-refractivity contribution in [3.8, 4) is 0 Å². The minimum Gasteiger partial charge on any atom is -0.477 e. The van der Waals surface area contributed by atoms with Gasteiger partial charge >= 0.3 is 5.97 Å². The van der Waals surface area contributed by atoms with Crippen LogP contribution < -0.4 is 0 Å². The van der Waals surface area contributed by atoms with Gasteiger partial charge in [-0.3, -0.25) is 4.68 Å². The molecule has 1 aromatic carbocycles. The van der Waals surface area contributed by atoms with Gasteiger partial charge in [0.1, 0.15) is 9.71 Å². The lowest BCUT2D eigenvalue weighted by Gasteiger charge is -1.98. The summed E-state index contributed by atoms with van der Waals surface area (Å²) in [5, 5.41) is 14.5. The fraction of sp³-hybridized carbons (Fsp3) is 0.143. The average molecular weight is 304 g/mol. The van der Waals surface area contributed by atoms with E-state index in [1.807, 2.05) is 25.2 Å². The number of aromatic carboxylic acids is 1. The molecule has 20 heavy (non-hydrogen) atoms. The molecule has 0 aliphatic carbocycles. The smallest absolute Gasteiger partial charge is 0.345 e. The molecule has 0 spiro atoms. The molecule has 0 atom stereocenters. The molecule has 6 heteroatoms. The summed E-state index contributed by atoms with van der Waals surface area (Å²) in [4.78, 5) is 13.5. The third-order valence-electron chi connectivity index (χ3n) is 2.92. The largest absolute Gasteiger partial charge is 0.477 e. The first-order valence-corrected chi connectivity index (χ1v) is 7.82. The second-order valence-corrected chi connectivity index (χ2v) is 6.39. The van der Waals surface area contributed by atoms with Gasteiger partial charge in [0.2, 0.25) is 0 Å². The molecule has 0 aliphatic heterocycles. The Morgan fingerprint density at radius 3 is 2.85 bits per heavy atom. The number of aromatic nitrogens is 2. The molecule has 0 fully saturated rings. The van der Waals surface area contributed by atoms with Crippen LogP contribution >= 0.6 is 23.1 Å². The molecular weight excluding hydrogens is 292 g/mol. The minimum atomic E-state index is -0.882. The molecule has 0 bridgehead atoms. The molecule has 0 saturated heterocycles. The molecule has 0 radical (unpaired) electrons. The van der Waals surface area contributed by atoms with Crippen LogP contribution in [0.15, 0.2) is 41.3 Å². The molecule has 2 heterocycles. The highest BCUT2D eigenvalue weighted by molar-refractivity contribution is 7.98. The first kappa shape index (κ1) is 13.2. The summed E-state index contributed by atoms with van der Waals surface area (Å²) >= 11 is 2.97. The second kappa shape index (κ2) is 5.30. The Kier molecular flexibility index (Phi) is 3.50. The van der Waals surface area contributed by atoms with Crippen molar-refractivity contribution in [2.24, 2.45) is 7.05 Å². The Balaban J connectivity index is 1.89. The van der Waals surface area contributed by atoms with E-state index >= 15 is 0 Å². The number of thioether (sulfide) groups is 1. The third-order valence-corrected chi connectivity index (χ3v) is 5.13. The van der Waals surface area contributed by atoms with Crippen LogP contribution in [0.1, 0.15) is 15.4 Å². The van der Waals surface area contributed by atoms with Crippen molar-refractivity contribution in [1.29, 1.82) is 0 Å². The number of fused-ring (bicyclic) bond motifs is 1. The van der Waals surface area contributed by atoms with E-state index in [0.717, 1.165) is 21.7 Å². The van der Waals surface area contributed by atoms with E-state index in [9.17, 15) is 4.79 Å². The Labute approximate surface area is 124 Å². The van der Waals surface area contributed by atoms with Crippen molar-refractivity contribution in [2.45, 2.75) is 10.6 Å². The van der Waals surface area contributed by atoms with Crippen LogP contribution in [0.2, 0.25) is 0 Å². The zero-order valence-electron chi connectivity index (χ0n) is 10.7. The van der Waals surface area contributed by atoms with Gasteiger partial charge in [-0.15, -0.1) is 23.1 Å². The van der Waals surface area contributed by atoms with E-state index in [1.165, 1.54) is 16.2 Å². The van der Waals surface area contributed by atoms with Crippen LogP contribution in [0.25, 0.3) is 10.2 Å². The van der Waals surface area contributed by atoms with Crippen LogP contribution in [-0.4, -0.2) is 20.9 Å². The predicted octanol–water partition coefficient (Wildman–Crippen LogP) is 3.63. The molecule has 1 N–H and O–H groups in total. The van der Waals surface area contributed by atoms with Gasteiger partial charge in [0, 0.05) is 23.1 Å². The van der Waals surface area contributed by atoms with Crippen LogP contribution in [0.5, 0.6) is 0 Å². The van der Waals surface area contributed by atoms with Crippen molar-refractivity contribution in [2.75, 3.05) is 0 Å². The van der Waals surface area contributed by atoms with E-state index in [2.05, 4.69) is 17.2 Å². The third kappa shape index (κ3) is 2.44. The molecule has 3 aromatic rings. The van der Waals surface area contributed by atoms with Crippen LogP contribution in [0, 0.1) is 0 Å². The van der Waals surface area contributed by atoms with E-state index < -0.39 is 5.97 Å². The standard InChI is InChI=1S/C14H12N2O2S2/c1-16-13-10(7-12(20-13)14(17)18)11(15-16)8-19-9-5-3-2-4-6-9/h2-7H,8H2,1H3,(H,17,18). The summed E-state index contributed by atoms with van der Waals surface area (Å²) < 4.78 is 1.76. The van der Waals surface area contributed by atoms with Crippen molar-refractivity contribution in [3.05, 3.63) is 47.0 Å². The molecule has 0 aliphatic rings. The van der Waals surface area contributed by atoms with Crippen LogP contribution in [-0.2, 0) is 12.8 Å². The van der Waals surface area contributed by atoms with E-state index in [-0.39, 0.29) is 0 Å². The number of carboxylic acid groups (broad SMARTS) is 1. The SMILES string of the molecule is Cn1nc(CSc2ccccc2)c2cc(C(=O)O)sc21. The lowest BCUT2D eigenvalue weighted by atomic mass is 10.3. The molecule has 0 unspecified atom stereocenters. The first-order valence-electron chi connectivity index (χ1n) is 6.01. The lowest BCUT2D eigenvalue weighted by molar-refractivity contribution is 0.0702. The summed E-state index contributed by atoms with van der Waals surface area (Å²) in [5.41, 5.74) is 0.931. The fourth-order valence-corrected chi connectivity index (χ4v) is 3.79.